The molecule has 0 bridgehead atoms. The zero-order chi connectivity index (χ0) is 18.6. The Labute approximate surface area is 143 Å². The van der Waals surface area contributed by atoms with Crippen molar-refractivity contribution in [1.29, 1.82) is 0 Å². The van der Waals surface area contributed by atoms with E-state index in [1.54, 1.807) is 6.20 Å². The Morgan fingerprint density at radius 3 is 2.52 bits per heavy atom. The Kier molecular flexibility index (Phi) is 5.60. The highest BCUT2D eigenvalue weighted by molar-refractivity contribution is 5.92. The standard InChI is InChI=1S/C16H20N4O5/c1-8(21)13(14(17)22)20-15(23)12(19-16(24)25)6-9-7-18-11-5-3-2-4-10(9)11/h2-5,7-8,12-13,18-19,21H,6H2,1H3,(H2,17,22)(H,20,23)(H,24,25)/t8-,12?,13+/m1/s1. The molecule has 0 saturated carbocycles. The highest BCUT2D eigenvalue weighted by atomic mass is 16.4. The lowest BCUT2D eigenvalue weighted by molar-refractivity contribution is -0.130. The molecule has 3 amide bonds. The number of para-hydroxylation sites is 1. The number of carbonyl (C=O) groups excluding carboxylic acids is 2. The van der Waals surface area contributed by atoms with Gasteiger partial charge in [-0.25, -0.2) is 4.79 Å². The number of nitrogens with one attached hydrogen (secondary N) is 3. The minimum atomic E-state index is -1.38. The molecule has 9 heteroatoms. The van der Waals surface area contributed by atoms with E-state index in [4.69, 9.17) is 10.8 Å². The summed E-state index contributed by atoms with van der Waals surface area (Å²) in [6.07, 6.45) is -0.838. The van der Waals surface area contributed by atoms with Crippen molar-refractivity contribution in [2.45, 2.75) is 31.5 Å². The number of H-pyrrole nitrogens is 1. The number of carbonyl (C=O) groups is 3. The topological polar surface area (TPSA) is 158 Å². The van der Waals surface area contributed by atoms with Crippen LogP contribution >= 0.6 is 0 Å². The maximum Gasteiger partial charge on any atom is 0.405 e. The minimum Gasteiger partial charge on any atom is -0.465 e. The molecule has 25 heavy (non-hydrogen) atoms. The largest absolute Gasteiger partial charge is 0.465 e. The van der Waals surface area contributed by atoms with Crippen LogP contribution in [-0.4, -0.2) is 51.3 Å². The lowest BCUT2D eigenvalue weighted by atomic mass is 10.0. The molecular formula is C16H20N4O5. The minimum absolute atomic E-state index is 0.0629. The number of amides is 3. The van der Waals surface area contributed by atoms with E-state index in [0.717, 1.165) is 16.5 Å². The molecule has 0 aliphatic heterocycles. The molecule has 1 aromatic heterocycles. The number of hydrogen-bond donors (Lipinski definition) is 6. The number of aromatic amines is 1. The van der Waals surface area contributed by atoms with Gasteiger partial charge in [-0.1, -0.05) is 18.2 Å². The Morgan fingerprint density at radius 2 is 1.92 bits per heavy atom. The van der Waals surface area contributed by atoms with E-state index < -0.39 is 36.1 Å². The average Bonchev–Trinajstić information content (AvgIpc) is 2.94. The molecule has 134 valence electrons. The number of benzene rings is 1. The van der Waals surface area contributed by atoms with Gasteiger partial charge in [0, 0.05) is 23.5 Å². The second kappa shape index (κ2) is 7.67. The highest BCUT2D eigenvalue weighted by Crippen LogP contribution is 2.19. The van der Waals surface area contributed by atoms with E-state index in [1.165, 1.54) is 6.92 Å². The summed E-state index contributed by atoms with van der Waals surface area (Å²) in [6, 6.07) is 4.91. The van der Waals surface area contributed by atoms with Crippen LogP contribution in [0.1, 0.15) is 12.5 Å². The maximum atomic E-state index is 12.4. The number of carboxylic acid groups (broad SMARTS) is 1. The lowest BCUT2D eigenvalue weighted by Gasteiger charge is -2.22. The number of aliphatic hydroxyl groups is 1. The number of hydrogen-bond acceptors (Lipinski definition) is 4. The molecular weight excluding hydrogens is 328 g/mol. The average molecular weight is 348 g/mol. The molecule has 1 heterocycles. The van der Waals surface area contributed by atoms with E-state index in [1.807, 2.05) is 24.3 Å². The molecule has 1 unspecified atom stereocenters. The highest BCUT2D eigenvalue weighted by Gasteiger charge is 2.29. The van der Waals surface area contributed by atoms with E-state index in [9.17, 15) is 19.5 Å². The number of primary amides is 1. The van der Waals surface area contributed by atoms with Gasteiger partial charge >= 0.3 is 6.09 Å². The third kappa shape index (κ3) is 4.48. The van der Waals surface area contributed by atoms with Crippen LogP contribution in [0.25, 0.3) is 10.9 Å². The molecule has 9 nitrogen and oxygen atoms in total. The molecule has 2 aromatic rings. The molecule has 0 spiro atoms. The number of nitrogens with two attached hydrogens (primary N) is 1. The third-order valence-corrected chi connectivity index (χ3v) is 3.80. The van der Waals surface area contributed by atoms with Gasteiger partial charge in [0.1, 0.15) is 12.1 Å². The molecule has 1 aromatic carbocycles. The van der Waals surface area contributed by atoms with Crippen LogP contribution in [0.4, 0.5) is 4.79 Å². The number of fused-ring (bicyclic) bond motifs is 1. The van der Waals surface area contributed by atoms with Crippen molar-refractivity contribution in [3.8, 4) is 0 Å². The summed E-state index contributed by atoms with van der Waals surface area (Å²) >= 11 is 0. The van der Waals surface area contributed by atoms with Gasteiger partial charge in [0.15, 0.2) is 0 Å². The quantitative estimate of drug-likeness (QED) is 0.405. The van der Waals surface area contributed by atoms with Crippen molar-refractivity contribution in [2.75, 3.05) is 0 Å². The SMILES string of the molecule is C[C@@H](O)[C@H](NC(=O)C(Cc1c[nH]c2ccccc12)NC(=O)O)C(N)=O. The molecule has 0 aliphatic carbocycles. The number of aromatic nitrogens is 1. The number of rotatable bonds is 7. The van der Waals surface area contributed by atoms with Gasteiger partial charge in [-0.15, -0.1) is 0 Å². The van der Waals surface area contributed by atoms with E-state index in [0.29, 0.717) is 0 Å². The normalized spacial score (nSPS) is 14.5. The zero-order valence-electron chi connectivity index (χ0n) is 13.5. The van der Waals surface area contributed by atoms with E-state index in [2.05, 4.69) is 15.6 Å². The Bertz CT molecular complexity index is 786. The Hall–Kier alpha value is -3.07. The fourth-order valence-corrected chi connectivity index (χ4v) is 2.56. The molecule has 0 radical (unpaired) electrons. The van der Waals surface area contributed by atoms with Gasteiger partial charge in [-0.3, -0.25) is 9.59 Å². The van der Waals surface area contributed by atoms with Crippen LogP contribution < -0.4 is 16.4 Å². The van der Waals surface area contributed by atoms with Gasteiger partial charge in [0.05, 0.1) is 6.10 Å². The Balaban J connectivity index is 2.22. The maximum absolute atomic E-state index is 12.4. The second-order valence-corrected chi connectivity index (χ2v) is 5.69. The molecule has 0 fully saturated rings. The first-order valence-electron chi connectivity index (χ1n) is 7.61. The van der Waals surface area contributed by atoms with Crippen LogP contribution in [0.2, 0.25) is 0 Å². The van der Waals surface area contributed by atoms with Crippen LogP contribution in [0, 0.1) is 0 Å². The van der Waals surface area contributed by atoms with Crippen LogP contribution in [0.3, 0.4) is 0 Å². The van der Waals surface area contributed by atoms with Crippen LogP contribution in [0.5, 0.6) is 0 Å². The summed E-state index contributed by atoms with van der Waals surface area (Å²) in [5.74, 6) is -1.66. The van der Waals surface area contributed by atoms with Crippen molar-refractivity contribution < 1.29 is 24.6 Å². The van der Waals surface area contributed by atoms with Gasteiger partial charge in [-0.05, 0) is 18.6 Å². The summed E-state index contributed by atoms with van der Waals surface area (Å²) < 4.78 is 0. The van der Waals surface area contributed by atoms with Gasteiger partial charge in [-0.2, -0.15) is 0 Å². The summed E-state index contributed by atoms with van der Waals surface area (Å²) in [6.45, 7) is 1.30. The van der Waals surface area contributed by atoms with Crippen molar-refractivity contribution in [2.24, 2.45) is 5.73 Å². The summed E-state index contributed by atoms with van der Waals surface area (Å²) in [4.78, 5) is 37.8. The van der Waals surface area contributed by atoms with E-state index >= 15 is 0 Å². The first-order chi connectivity index (χ1) is 11.8. The molecule has 0 saturated heterocycles. The lowest BCUT2D eigenvalue weighted by Crippen LogP contribution is -2.56. The van der Waals surface area contributed by atoms with Crippen LogP contribution in [-0.2, 0) is 16.0 Å². The first kappa shape index (κ1) is 18.3. The smallest absolute Gasteiger partial charge is 0.405 e. The fraction of sp³-hybridized carbons (Fsp3) is 0.312. The third-order valence-electron chi connectivity index (χ3n) is 3.80. The van der Waals surface area contributed by atoms with Gasteiger partial charge in [0.25, 0.3) is 0 Å². The molecule has 3 atom stereocenters. The van der Waals surface area contributed by atoms with Crippen LogP contribution in [0.15, 0.2) is 30.5 Å². The summed E-state index contributed by atoms with van der Waals surface area (Å²) in [7, 11) is 0. The van der Waals surface area contributed by atoms with Crippen molar-refractivity contribution in [1.82, 2.24) is 15.6 Å². The van der Waals surface area contributed by atoms with E-state index in [-0.39, 0.29) is 6.42 Å². The Morgan fingerprint density at radius 1 is 1.24 bits per heavy atom. The molecule has 2 rings (SSSR count). The molecule has 7 N–H and O–H groups in total. The fourth-order valence-electron chi connectivity index (χ4n) is 2.56. The molecule has 0 aliphatic rings. The van der Waals surface area contributed by atoms with Crippen molar-refractivity contribution in [3.63, 3.8) is 0 Å². The van der Waals surface area contributed by atoms with Crippen molar-refractivity contribution >= 4 is 28.8 Å². The zero-order valence-corrected chi connectivity index (χ0v) is 13.5. The summed E-state index contributed by atoms with van der Waals surface area (Å²) in [5.41, 5.74) is 6.73. The monoisotopic (exact) mass is 348 g/mol. The first-order valence-corrected chi connectivity index (χ1v) is 7.61. The van der Waals surface area contributed by atoms with Gasteiger partial charge in [0.2, 0.25) is 11.8 Å². The predicted octanol–water partition coefficient (Wildman–Crippen LogP) is -0.302. The van der Waals surface area contributed by atoms with Crippen molar-refractivity contribution in [3.05, 3.63) is 36.0 Å². The van der Waals surface area contributed by atoms with Gasteiger partial charge < -0.3 is 31.6 Å². The number of aliphatic hydroxyl groups excluding tert-OH is 1. The predicted molar refractivity (Wildman–Crippen MR) is 89.8 cm³/mol. The summed E-state index contributed by atoms with van der Waals surface area (Å²) in [5, 5.41) is 23.8. The second-order valence-electron chi connectivity index (χ2n) is 5.69.